The van der Waals surface area contributed by atoms with Crippen LogP contribution in [0.2, 0.25) is 0 Å². The molecule has 0 atom stereocenters. The first-order valence-electron chi connectivity index (χ1n) is 16.1. The minimum absolute atomic E-state index is 0. The number of hydrogen-bond donors (Lipinski definition) is 1. The van der Waals surface area contributed by atoms with Crippen LogP contribution in [0.5, 0.6) is 0 Å². The van der Waals surface area contributed by atoms with Crippen molar-refractivity contribution in [1.82, 2.24) is 9.55 Å². The molecule has 7 rings (SSSR count). The quantitative estimate of drug-likeness (QED) is 0.110. The summed E-state index contributed by atoms with van der Waals surface area (Å²) in [5, 5.41) is 13.5. The normalized spacial score (nSPS) is 16.1. The van der Waals surface area contributed by atoms with Crippen LogP contribution in [0.3, 0.4) is 0 Å². The molecule has 1 radical (unpaired) electrons. The molecule has 0 amide bonds. The van der Waals surface area contributed by atoms with Gasteiger partial charge in [-0.2, -0.15) is 0 Å². The van der Waals surface area contributed by atoms with Gasteiger partial charge in [-0.1, -0.05) is 55.5 Å². The van der Waals surface area contributed by atoms with Gasteiger partial charge in [0, 0.05) is 54.8 Å². The average Bonchev–Trinajstić information content (AvgIpc) is 3.79. The van der Waals surface area contributed by atoms with Gasteiger partial charge < -0.3 is 9.67 Å². The Kier molecular flexibility index (Phi) is 10.1. The van der Waals surface area contributed by atoms with Gasteiger partial charge in [0.05, 0.1) is 22.3 Å². The third-order valence-corrected chi connectivity index (χ3v) is 9.36. The zero-order valence-corrected chi connectivity index (χ0v) is 28.7. The third kappa shape index (κ3) is 6.28. The number of para-hydroxylation sites is 1. The molecule has 2 heterocycles. The van der Waals surface area contributed by atoms with Gasteiger partial charge >= 0.3 is 0 Å². The van der Waals surface area contributed by atoms with E-state index in [0.29, 0.717) is 11.8 Å². The van der Waals surface area contributed by atoms with E-state index in [1.54, 1.807) is 0 Å². The molecule has 0 unspecified atom stereocenters. The summed E-state index contributed by atoms with van der Waals surface area (Å²) in [7, 11) is 0. The van der Waals surface area contributed by atoms with E-state index < -0.39 is 0 Å². The van der Waals surface area contributed by atoms with E-state index >= 15 is 0 Å². The maximum Gasteiger partial charge on any atom is 0.162 e. The van der Waals surface area contributed by atoms with E-state index in [4.69, 9.17) is 4.98 Å². The number of aliphatic hydroxyl groups is 1. The van der Waals surface area contributed by atoms with Crippen LogP contribution >= 0.6 is 0 Å². The molecule has 0 spiro atoms. The Labute approximate surface area is 274 Å². The standard InChI is InChI=1S/C26H23N2.C13H20O2.Ir/c1-16(2)28-25-18(4)14-17(3)15-21(25)23-24(19-10-6-5-7-11-19)27-22-13-9-8-12-20(22)26(23)28;14-12(10-5-1-2-6-10)9-13(15)11-7-3-4-8-11;/h5-10,12-16H,1-4H3;9-11,14H,1-8H2;/q-1;;/b;12-9-;. The number of carbonyl (C=O) groups excluding carboxylic acids is 1. The molecule has 0 aliphatic heterocycles. The Hall–Kier alpha value is -3.27. The summed E-state index contributed by atoms with van der Waals surface area (Å²) >= 11 is 0. The van der Waals surface area contributed by atoms with Gasteiger partial charge in [-0.05, 0) is 82.2 Å². The van der Waals surface area contributed by atoms with Crippen LogP contribution in [0, 0.1) is 31.7 Å². The second-order valence-corrected chi connectivity index (χ2v) is 12.9. The second-order valence-electron chi connectivity index (χ2n) is 12.9. The van der Waals surface area contributed by atoms with Crippen LogP contribution in [-0.2, 0) is 24.9 Å². The number of hydrogen-bond acceptors (Lipinski definition) is 3. The molecule has 231 valence electrons. The first-order chi connectivity index (χ1) is 20.8. The molecule has 4 nitrogen and oxygen atoms in total. The Balaban J connectivity index is 0.000000204. The molecule has 2 aromatic heterocycles. The smallest absolute Gasteiger partial charge is 0.162 e. The maximum absolute atomic E-state index is 11.8. The Morgan fingerprint density at radius 1 is 0.909 bits per heavy atom. The number of aromatic nitrogens is 2. The van der Waals surface area contributed by atoms with Crippen molar-refractivity contribution in [3.63, 3.8) is 0 Å². The Bertz CT molecular complexity index is 1810. The molecule has 1 N–H and O–H groups in total. The summed E-state index contributed by atoms with van der Waals surface area (Å²) in [6, 6.07) is 25.0. The van der Waals surface area contributed by atoms with Crippen LogP contribution in [0.15, 0.2) is 72.5 Å². The second kappa shape index (κ2) is 13.8. The number of nitrogens with zero attached hydrogens (tertiary/aromatic N) is 2. The van der Waals surface area contributed by atoms with Crippen LogP contribution < -0.4 is 0 Å². The molecule has 3 aromatic carbocycles. The summed E-state index contributed by atoms with van der Waals surface area (Å²) in [5.74, 6) is 0.991. The molecule has 2 saturated carbocycles. The van der Waals surface area contributed by atoms with Crippen molar-refractivity contribution in [1.29, 1.82) is 0 Å². The minimum atomic E-state index is 0. The predicted octanol–water partition coefficient (Wildman–Crippen LogP) is 10.4. The summed E-state index contributed by atoms with van der Waals surface area (Å²) in [5.41, 5.74) is 8.27. The minimum Gasteiger partial charge on any atom is -0.512 e. The van der Waals surface area contributed by atoms with Crippen molar-refractivity contribution in [2.75, 3.05) is 0 Å². The van der Waals surface area contributed by atoms with E-state index in [1.165, 1.54) is 70.1 Å². The molecule has 5 heteroatoms. The van der Waals surface area contributed by atoms with Crippen molar-refractivity contribution in [2.45, 2.75) is 85.1 Å². The molecule has 5 aromatic rings. The van der Waals surface area contributed by atoms with Crippen molar-refractivity contribution < 1.29 is 30.0 Å². The molecular formula is C39H43IrN2O2-. The number of aliphatic hydroxyl groups excluding tert-OH is 1. The monoisotopic (exact) mass is 764 g/mol. The number of benzene rings is 3. The molecular weight excluding hydrogens is 721 g/mol. The fraction of sp³-hybridized carbons (Fsp3) is 0.385. The molecule has 2 aliphatic rings. The van der Waals surface area contributed by atoms with Gasteiger partial charge in [0.1, 0.15) is 0 Å². The first kappa shape index (κ1) is 32.1. The van der Waals surface area contributed by atoms with Gasteiger partial charge in [0.2, 0.25) is 0 Å². The largest absolute Gasteiger partial charge is 0.512 e. The number of pyridine rings is 1. The van der Waals surface area contributed by atoms with Gasteiger partial charge in [-0.3, -0.25) is 9.78 Å². The van der Waals surface area contributed by atoms with Crippen LogP contribution in [0.1, 0.15) is 82.4 Å². The fourth-order valence-corrected chi connectivity index (χ4v) is 7.35. The number of aryl methyl sites for hydroxylation is 2. The number of allylic oxidation sites excluding steroid dienone is 2. The molecule has 44 heavy (non-hydrogen) atoms. The summed E-state index contributed by atoms with van der Waals surface area (Å²) in [6.45, 7) is 8.92. The van der Waals surface area contributed by atoms with E-state index in [1.807, 2.05) is 12.1 Å². The molecule has 0 saturated heterocycles. The maximum atomic E-state index is 11.8. The van der Waals surface area contributed by atoms with Crippen molar-refractivity contribution in [3.8, 4) is 11.3 Å². The predicted molar refractivity (Wildman–Crippen MR) is 179 cm³/mol. The molecule has 0 bridgehead atoms. The first-order valence-corrected chi connectivity index (χ1v) is 16.1. The zero-order chi connectivity index (χ0) is 30.1. The Morgan fingerprint density at radius 3 is 2.23 bits per heavy atom. The summed E-state index contributed by atoms with van der Waals surface area (Å²) in [4.78, 5) is 16.9. The average molecular weight is 764 g/mol. The summed E-state index contributed by atoms with van der Waals surface area (Å²) in [6.07, 6.45) is 10.4. The van der Waals surface area contributed by atoms with Crippen LogP contribution in [0.4, 0.5) is 0 Å². The van der Waals surface area contributed by atoms with Crippen molar-refractivity contribution >= 4 is 38.5 Å². The third-order valence-electron chi connectivity index (χ3n) is 9.36. The van der Waals surface area contributed by atoms with E-state index in [2.05, 4.69) is 86.9 Å². The van der Waals surface area contributed by atoms with Crippen molar-refractivity contribution in [3.05, 3.63) is 89.7 Å². The topological polar surface area (TPSA) is 55.1 Å². The van der Waals surface area contributed by atoms with Crippen molar-refractivity contribution in [2.24, 2.45) is 11.8 Å². The molecule has 2 fully saturated rings. The Morgan fingerprint density at radius 2 is 1.57 bits per heavy atom. The summed E-state index contributed by atoms with van der Waals surface area (Å²) < 4.78 is 2.50. The van der Waals surface area contributed by atoms with Gasteiger partial charge in [0.15, 0.2) is 5.78 Å². The zero-order valence-electron chi connectivity index (χ0n) is 26.3. The SMILES string of the molecule is Cc1cc(C)c2c(c1)c1c(-c3[c-]cccc3)nc3ccccc3c1n2C(C)C.O=C(/C=C(\O)C1CCCC1)C1CCCC1.[Ir]. The number of carbonyl (C=O) groups is 1. The van der Waals surface area contributed by atoms with Gasteiger partial charge in [-0.15, -0.1) is 35.9 Å². The van der Waals surface area contributed by atoms with Gasteiger partial charge in [-0.25, -0.2) is 0 Å². The van der Waals surface area contributed by atoms with Crippen LogP contribution in [-0.4, -0.2) is 20.4 Å². The number of rotatable bonds is 5. The van der Waals surface area contributed by atoms with Gasteiger partial charge in [0.25, 0.3) is 0 Å². The van der Waals surface area contributed by atoms with E-state index in [-0.39, 0.29) is 37.7 Å². The fourth-order valence-electron chi connectivity index (χ4n) is 7.35. The number of ketones is 1. The van der Waals surface area contributed by atoms with E-state index in [0.717, 1.165) is 42.5 Å². The van der Waals surface area contributed by atoms with Crippen LogP contribution in [0.25, 0.3) is 44.0 Å². The number of fused-ring (bicyclic) bond motifs is 5. The van der Waals surface area contributed by atoms with E-state index in [9.17, 15) is 9.90 Å². The molecule has 2 aliphatic carbocycles.